The fraction of sp³-hybridized carbons (Fsp3) is 0.464. The topological polar surface area (TPSA) is 132 Å². The molecule has 2 amide bonds. The lowest BCUT2D eigenvalue weighted by Crippen LogP contribution is -2.38. The van der Waals surface area contributed by atoms with Gasteiger partial charge in [-0.15, -0.1) is 10.2 Å². The highest BCUT2D eigenvalue weighted by molar-refractivity contribution is 5.91. The van der Waals surface area contributed by atoms with Gasteiger partial charge < -0.3 is 15.5 Å². The number of hydrogen-bond acceptors (Lipinski definition) is 8. The van der Waals surface area contributed by atoms with Crippen LogP contribution < -0.4 is 10.6 Å². The van der Waals surface area contributed by atoms with Crippen molar-refractivity contribution in [2.75, 3.05) is 31.5 Å². The molecule has 47 heavy (non-hydrogen) atoms. The van der Waals surface area contributed by atoms with Crippen LogP contribution in [-0.4, -0.2) is 89.9 Å². The number of rotatable bonds is 11. The summed E-state index contributed by atoms with van der Waals surface area (Å²) >= 11 is 0. The van der Waals surface area contributed by atoms with Gasteiger partial charge in [0, 0.05) is 29.9 Å². The van der Waals surface area contributed by atoms with Crippen molar-refractivity contribution in [1.82, 2.24) is 50.6 Å². The van der Waals surface area contributed by atoms with Crippen molar-refractivity contribution in [3.05, 3.63) is 53.8 Å². The number of alkyl halides is 6. The molecular formula is C28H30F7N11O. The number of piperidine rings is 1. The molecule has 5 rings (SSSR count). The molecule has 3 heterocycles. The number of carbonyl (C=O) groups excluding carboxylic acids is 1. The average Bonchev–Trinajstić information content (AvgIpc) is 3.64. The number of likely N-dealkylation sites (tertiary alicyclic amines) is 1. The van der Waals surface area contributed by atoms with Crippen LogP contribution in [0.2, 0.25) is 0 Å². The van der Waals surface area contributed by atoms with Crippen LogP contribution in [0.4, 0.5) is 41.2 Å². The Morgan fingerprint density at radius 1 is 0.872 bits per heavy atom. The number of carbonyl (C=O) groups is 1. The van der Waals surface area contributed by atoms with E-state index in [-0.39, 0.29) is 34.3 Å². The first kappa shape index (κ1) is 33.7. The standard InChI is InChI=1S/C28H30F7N11O/c29-22-6-4-18(5-7-22)11-19-3-1-9-44(15-19)10-2-8-36-26(47)37-23-13-20(24-38-40-42-45(24)16-27(30,31)32)12-21(14-23)25-39-41-43-46(25)17-28(33,34)35/h4-7,12-14,19H,1-3,8-11,15-17H2,(H2,36,37,47)/t19-/m0/s1. The Bertz CT molecular complexity index is 1560. The zero-order valence-electron chi connectivity index (χ0n) is 24.8. The second-order valence-electron chi connectivity index (χ2n) is 11.2. The van der Waals surface area contributed by atoms with Gasteiger partial charge in [-0.2, -0.15) is 26.3 Å². The summed E-state index contributed by atoms with van der Waals surface area (Å²) in [6.45, 7) is -0.240. The molecule has 0 unspecified atom stereocenters. The minimum Gasteiger partial charge on any atom is -0.338 e. The highest BCUT2D eigenvalue weighted by Gasteiger charge is 2.32. The molecule has 1 saturated heterocycles. The van der Waals surface area contributed by atoms with Crippen LogP contribution in [0.15, 0.2) is 42.5 Å². The molecule has 19 heteroatoms. The summed E-state index contributed by atoms with van der Waals surface area (Å²) in [5, 5.41) is 25.9. The molecule has 0 spiro atoms. The molecule has 2 aromatic carbocycles. The van der Waals surface area contributed by atoms with Gasteiger partial charge in [-0.3, -0.25) is 0 Å². The van der Waals surface area contributed by atoms with E-state index in [0.29, 0.717) is 28.2 Å². The van der Waals surface area contributed by atoms with E-state index in [1.54, 1.807) is 12.1 Å². The number of nitrogens with zero attached hydrogens (tertiary/aromatic N) is 9. The number of tetrazole rings is 2. The van der Waals surface area contributed by atoms with Crippen molar-refractivity contribution >= 4 is 11.7 Å². The van der Waals surface area contributed by atoms with E-state index >= 15 is 0 Å². The van der Waals surface area contributed by atoms with E-state index < -0.39 is 31.5 Å². The number of aromatic nitrogens is 8. The zero-order valence-corrected chi connectivity index (χ0v) is 24.8. The van der Waals surface area contributed by atoms with Gasteiger partial charge >= 0.3 is 18.4 Å². The maximum absolute atomic E-state index is 13.2. The Morgan fingerprint density at radius 2 is 1.47 bits per heavy atom. The van der Waals surface area contributed by atoms with Gasteiger partial charge in [-0.05, 0) is 101 Å². The predicted octanol–water partition coefficient (Wildman–Crippen LogP) is 4.72. The normalized spacial score (nSPS) is 15.9. The lowest BCUT2D eigenvalue weighted by molar-refractivity contribution is -0.143. The molecule has 1 aliphatic heterocycles. The van der Waals surface area contributed by atoms with Crippen molar-refractivity contribution < 1.29 is 35.5 Å². The Morgan fingerprint density at radius 3 is 2.04 bits per heavy atom. The van der Waals surface area contributed by atoms with E-state index in [2.05, 4.69) is 46.6 Å². The molecule has 4 aromatic rings. The second-order valence-corrected chi connectivity index (χ2v) is 11.2. The SMILES string of the molecule is O=C(NCCCN1CCC[C@@H](Cc2ccc(F)cc2)C1)Nc1cc(-c2nnnn2CC(F)(F)F)cc(-c2nnnn2CC(F)(F)F)c1. The van der Waals surface area contributed by atoms with Gasteiger partial charge in [0.05, 0.1) is 0 Å². The minimum atomic E-state index is -4.67. The first-order chi connectivity index (χ1) is 22.3. The third kappa shape index (κ3) is 9.90. The minimum absolute atomic E-state index is 0.0257. The Balaban J connectivity index is 1.23. The number of nitrogens with one attached hydrogen (secondary N) is 2. The number of halogens is 7. The fourth-order valence-electron chi connectivity index (χ4n) is 5.49. The van der Waals surface area contributed by atoms with Crippen LogP contribution in [0.1, 0.15) is 24.8 Å². The van der Waals surface area contributed by atoms with E-state index in [4.69, 9.17) is 0 Å². The highest BCUT2D eigenvalue weighted by Crippen LogP contribution is 2.30. The third-order valence-corrected chi connectivity index (χ3v) is 7.41. The molecule has 252 valence electrons. The number of hydrogen-bond donors (Lipinski definition) is 2. The Labute approximate surface area is 263 Å². The molecule has 0 radical (unpaired) electrons. The van der Waals surface area contributed by atoms with E-state index in [1.165, 1.54) is 30.3 Å². The van der Waals surface area contributed by atoms with Gasteiger partial charge in [0.2, 0.25) is 0 Å². The Hall–Kier alpha value is -4.68. The molecule has 0 bridgehead atoms. The van der Waals surface area contributed by atoms with Gasteiger partial charge in [0.15, 0.2) is 11.6 Å². The van der Waals surface area contributed by atoms with Crippen LogP contribution in [0.5, 0.6) is 0 Å². The van der Waals surface area contributed by atoms with Crippen LogP contribution in [0.3, 0.4) is 0 Å². The van der Waals surface area contributed by atoms with Crippen LogP contribution >= 0.6 is 0 Å². The second kappa shape index (κ2) is 14.4. The maximum atomic E-state index is 13.2. The lowest BCUT2D eigenvalue weighted by atomic mass is 9.91. The molecule has 0 saturated carbocycles. The summed E-state index contributed by atoms with van der Waals surface area (Å²) in [7, 11) is 0. The number of benzene rings is 2. The Kier molecular flexibility index (Phi) is 10.3. The number of amides is 2. The maximum Gasteiger partial charge on any atom is 0.408 e. The summed E-state index contributed by atoms with van der Waals surface area (Å²) in [5.74, 6) is -0.529. The summed E-state index contributed by atoms with van der Waals surface area (Å²) in [6, 6.07) is 9.65. The fourth-order valence-corrected chi connectivity index (χ4v) is 5.49. The molecule has 0 aliphatic carbocycles. The van der Waals surface area contributed by atoms with Crippen molar-refractivity contribution in [3.63, 3.8) is 0 Å². The largest absolute Gasteiger partial charge is 0.408 e. The molecule has 2 aromatic heterocycles. The van der Waals surface area contributed by atoms with Crippen LogP contribution in [0.25, 0.3) is 22.8 Å². The summed E-state index contributed by atoms with van der Waals surface area (Å²) in [5.41, 5.74) is 1.04. The van der Waals surface area contributed by atoms with Crippen molar-refractivity contribution in [3.8, 4) is 22.8 Å². The van der Waals surface area contributed by atoms with E-state index in [1.807, 2.05) is 0 Å². The van der Waals surface area contributed by atoms with Crippen LogP contribution in [-0.2, 0) is 19.5 Å². The average molecular weight is 670 g/mol. The monoisotopic (exact) mass is 669 g/mol. The van der Waals surface area contributed by atoms with Gasteiger partial charge in [0.25, 0.3) is 0 Å². The molecular weight excluding hydrogens is 639 g/mol. The lowest BCUT2D eigenvalue weighted by Gasteiger charge is -2.32. The summed E-state index contributed by atoms with van der Waals surface area (Å²) < 4.78 is 93.0. The van der Waals surface area contributed by atoms with Crippen molar-refractivity contribution in [1.29, 1.82) is 0 Å². The van der Waals surface area contributed by atoms with Crippen molar-refractivity contribution in [2.45, 2.75) is 51.1 Å². The van der Waals surface area contributed by atoms with Gasteiger partial charge in [-0.1, -0.05) is 12.1 Å². The van der Waals surface area contributed by atoms with Gasteiger partial charge in [0.1, 0.15) is 18.9 Å². The van der Waals surface area contributed by atoms with Gasteiger partial charge in [-0.25, -0.2) is 18.5 Å². The molecule has 1 aliphatic rings. The molecule has 1 fully saturated rings. The first-order valence-electron chi connectivity index (χ1n) is 14.6. The number of anilines is 1. The first-order valence-corrected chi connectivity index (χ1v) is 14.6. The molecule has 12 nitrogen and oxygen atoms in total. The van der Waals surface area contributed by atoms with E-state index in [0.717, 1.165) is 44.5 Å². The zero-order chi connectivity index (χ0) is 33.6. The molecule has 2 N–H and O–H groups in total. The number of urea groups is 1. The highest BCUT2D eigenvalue weighted by atomic mass is 19.4. The van der Waals surface area contributed by atoms with Crippen LogP contribution in [0, 0.1) is 11.7 Å². The van der Waals surface area contributed by atoms with Crippen molar-refractivity contribution in [2.24, 2.45) is 5.92 Å². The summed E-state index contributed by atoms with van der Waals surface area (Å²) in [6.07, 6.45) is -5.77. The smallest absolute Gasteiger partial charge is 0.338 e. The van der Waals surface area contributed by atoms with E-state index in [9.17, 15) is 35.5 Å². The quantitative estimate of drug-likeness (QED) is 0.173. The molecule has 1 atom stereocenters. The third-order valence-electron chi connectivity index (χ3n) is 7.41. The summed E-state index contributed by atoms with van der Waals surface area (Å²) in [4.78, 5) is 15.1. The predicted molar refractivity (Wildman–Crippen MR) is 153 cm³/mol.